The topological polar surface area (TPSA) is 153 Å². The van der Waals surface area contributed by atoms with Gasteiger partial charge >= 0.3 is 0 Å². The van der Waals surface area contributed by atoms with E-state index in [-0.39, 0.29) is 28.2 Å². The number of aromatic nitrogens is 2. The number of carbonyl (C=O) groups is 2. The highest BCUT2D eigenvalue weighted by Crippen LogP contribution is 2.36. The summed E-state index contributed by atoms with van der Waals surface area (Å²) in [7, 11) is -2.27. The van der Waals surface area contributed by atoms with Crippen molar-refractivity contribution >= 4 is 33.2 Å². The van der Waals surface area contributed by atoms with E-state index < -0.39 is 21.8 Å². The van der Waals surface area contributed by atoms with E-state index in [9.17, 15) is 18.0 Å². The molecule has 3 N–H and O–H groups in total. The van der Waals surface area contributed by atoms with E-state index in [0.717, 1.165) is 22.9 Å². The molecule has 12 heteroatoms. The lowest BCUT2D eigenvalue weighted by Gasteiger charge is -2.23. The van der Waals surface area contributed by atoms with Crippen molar-refractivity contribution in [1.29, 1.82) is 0 Å². The van der Waals surface area contributed by atoms with Crippen LogP contribution in [-0.4, -0.2) is 43.7 Å². The van der Waals surface area contributed by atoms with Gasteiger partial charge in [-0.1, -0.05) is 32.0 Å². The number of ether oxygens (including phenoxy) is 1. The van der Waals surface area contributed by atoms with E-state index in [4.69, 9.17) is 9.26 Å². The van der Waals surface area contributed by atoms with Gasteiger partial charge in [-0.2, -0.15) is 0 Å². The molecule has 2 amide bonds. The maximum absolute atomic E-state index is 13.5. The molecule has 0 aliphatic carbocycles. The molecular formula is C30H33N5O6S. The molecule has 2 aromatic heterocycles. The third-order valence-corrected chi connectivity index (χ3v) is 7.00. The predicted molar refractivity (Wildman–Crippen MR) is 160 cm³/mol. The van der Waals surface area contributed by atoms with Crippen molar-refractivity contribution in [3.05, 3.63) is 88.9 Å². The normalized spacial score (nSPS) is 11.6. The number of methoxy groups -OCH3 is 1. The van der Waals surface area contributed by atoms with Gasteiger partial charge in [0.1, 0.15) is 5.69 Å². The fourth-order valence-corrected chi connectivity index (χ4v) is 4.73. The third kappa shape index (κ3) is 7.32. The molecule has 0 bridgehead atoms. The molecule has 0 saturated carbocycles. The summed E-state index contributed by atoms with van der Waals surface area (Å²) in [6.07, 6.45) is 4.32. The van der Waals surface area contributed by atoms with E-state index in [1.807, 2.05) is 33.8 Å². The maximum Gasteiger partial charge on any atom is 0.290 e. The number of nitrogens with zero attached hydrogens (tertiary/aromatic N) is 2. The quantitative estimate of drug-likeness (QED) is 0.248. The largest absolute Gasteiger partial charge is 0.494 e. The Balaban J connectivity index is 1.60. The Hall–Kier alpha value is -4.71. The minimum Gasteiger partial charge on any atom is -0.494 e. The fraction of sp³-hybridized carbons (Fsp3) is 0.267. The zero-order valence-corrected chi connectivity index (χ0v) is 25.0. The van der Waals surface area contributed by atoms with Crippen LogP contribution in [0, 0.1) is 6.92 Å². The first-order valence-corrected chi connectivity index (χ1v) is 14.9. The average molecular weight is 592 g/mol. The predicted octanol–water partition coefficient (Wildman–Crippen LogP) is 4.90. The van der Waals surface area contributed by atoms with Crippen molar-refractivity contribution in [3.8, 4) is 17.0 Å². The fourth-order valence-electron chi connectivity index (χ4n) is 4.18. The van der Waals surface area contributed by atoms with Crippen molar-refractivity contribution < 1.29 is 27.3 Å². The molecule has 0 atom stereocenters. The Morgan fingerprint density at radius 3 is 2.36 bits per heavy atom. The molecule has 42 heavy (non-hydrogen) atoms. The summed E-state index contributed by atoms with van der Waals surface area (Å²) in [5.74, 6) is -0.780. The van der Waals surface area contributed by atoms with Crippen LogP contribution in [0.4, 0.5) is 11.4 Å². The number of amides is 2. The lowest BCUT2D eigenvalue weighted by Crippen LogP contribution is -2.22. The summed E-state index contributed by atoms with van der Waals surface area (Å²) in [6, 6.07) is 13.7. The van der Waals surface area contributed by atoms with E-state index in [1.165, 1.54) is 13.2 Å². The molecule has 4 rings (SSSR count). The minimum atomic E-state index is -3.65. The van der Waals surface area contributed by atoms with Crippen LogP contribution in [0.1, 0.15) is 58.4 Å². The number of hydrogen-bond donors (Lipinski definition) is 3. The van der Waals surface area contributed by atoms with Gasteiger partial charge in [-0.25, -0.2) is 8.42 Å². The van der Waals surface area contributed by atoms with Crippen LogP contribution in [0.25, 0.3) is 11.3 Å². The summed E-state index contributed by atoms with van der Waals surface area (Å²) < 4.78 is 37.3. The molecular weight excluding hydrogens is 558 g/mol. The Morgan fingerprint density at radius 1 is 1.00 bits per heavy atom. The maximum atomic E-state index is 13.5. The number of hydrogen-bond acceptors (Lipinski definition) is 8. The number of benzene rings is 2. The van der Waals surface area contributed by atoms with Crippen molar-refractivity contribution in [3.63, 3.8) is 0 Å². The second kappa shape index (κ2) is 12.0. The lowest BCUT2D eigenvalue weighted by atomic mass is 9.85. The van der Waals surface area contributed by atoms with Crippen LogP contribution in [0.3, 0.4) is 0 Å². The molecule has 0 fully saturated rings. The second-order valence-electron chi connectivity index (χ2n) is 10.8. The summed E-state index contributed by atoms with van der Waals surface area (Å²) in [6.45, 7) is 8.05. The highest BCUT2D eigenvalue weighted by molar-refractivity contribution is 7.92. The first kappa shape index (κ1) is 30.3. The number of pyridine rings is 1. The summed E-state index contributed by atoms with van der Waals surface area (Å²) >= 11 is 0. The first-order valence-electron chi connectivity index (χ1n) is 13.0. The zero-order valence-electron chi connectivity index (χ0n) is 24.2. The highest BCUT2D eigenvalue weighted by atomic mass is 32.2. The minimum absolute atomic E-state index is 0.0440. The van der Waals surface area contributed by atoms with Crippen molar-refractivity contribution in [2.75, 3.05) is 23.4 Å². The Labute approximate surface area is 244 Å². The number of rotatable bonds is 9. The van der Waals surface area contributed by atoms with Gasteiger partial charge in [0.2, 0.25) is 15.8 Å². The van der Waals surface area contributed by atoms with Crippen LogP contribution >= 0.6 is 0 Å². The van der Waals surface area contributed by atoms with E-state index >= 15 is 0 Å². The van der Waals surface area contributed by atoms with E-state index in [2.05, 4.69) is 25.5 Å². The van der Waals surface area contributed by atoms with Crippen molar-refractivity contribution in [2.24, 2.45) is 0 Å². The van der Waals surface area contributed by atoms with Gasteiger partial charge in [-0.3, -0.25) is 19.3 Å². The van der Waals surface area contributed by atoms with E-state index in [1.54, 1.807) is 48.8 Å². The molecule has 0 radical (unpaired) electrons. The molecule has 2 heterocycles. The van der Waals surface area contributed by atoms with Gasteiger partial charge in [-0.05, 0) is 65.4 Å². The molecule has 11 nitrogen and oxygen atoms in total. The molecule has 0 unspecified atom stereocenters. The summed E-state index contributed by atoms with van der Waals surface area (Å²) in [5, 5.41) is 9.72. The van der Waals surface area contributed by atoms with Crippen molar-refractivity contribution in [1.82, 2.24) is 15.5 Å². The van der Waals surface area contributed by atoms with Crippen LogP contribution in [0.2, 0.25) is 0 Å². The standard InChI is InChI=1S/C30H33N5O6S/c1-18-7-8-21(15-22(18)24-16-26(41-34-24)29(37)32-17-19-9-11-31-12-10-19)33-28(36)23-13-20(30(2,3)4)14-25(27(23)40-5)35-42(6,38)39/h7-16,35H,17H2,1-6H3,(H,32,37)(H,33,36). The molecule has 2 aromatic carbocycles. The Morgan fingerprint density at radius 2 is 1.71 bits per heavy atom. The smallest absolute Gasteiger partial charge is 0.290 e. The van der Waals surface area contributed by atoms with Gasteiger partial charge in [0.25, 0.3) is 11.8 Å². The second-order valence-corrected chi connectivity index (χ2v) is 12.6. The SMILES string of the molecule is COc1c(NS(C)(=O)=O)cc(C(C)(C)C)cc1C(=O)Nc1ccc(C)c(-c2cc(C(=O)NCc3ccncc3)on2)c1. The monoisotopic (exact) mass is 591 g/mol. The number of nitrogens with one attached hydrogen (secondary N) is 3. The lowest BCUT2D eigenvalue weighted by molar-refractivity contribution is 0.0913. The van der Waals surface area contributed by atoms with Gasteiger partial charge in [0, 0.05) is 36.3 Å². The Bertz CT molecular complexity index is 1730. The van der Waals surface area contributed by atoms with E-state index in [0.29, 0.717) is 23.5 Å². The van der Waals surface area contributed by atoms with Crippen LogP contribution < -0.4 is 20.1 Å². The highest BCUT2D eigenvalue weighted by Gasteiger charge is 2.25. The molecule has 0 aliphatic heterocycles. The van der Waals surface area contributed by atoms with Crippen LogP contribution in [-0.2, 0) is 22.0 Å². The molecule has 220 valence electrons. The molecule has 0 aliphatic rings. The Kier molecular flexibility index (Phi) is 8.67. The molecule has 0 spiro atoms. The van der Waals surface area contributed by atoms with Crippen LogP contribution in [0.5, 0.6) is 5.75 Å². The molecule has 4 aromatic rings. The van der Waals surface area contributed by atoms with Gasteiger partial charge < -0.3 is 19.9 Å². The van der Waals surface area contributed by atoms with Crippen molar-refractivity contribution in [2.45, 2.75) is 39.7 Å². The summed E-state index contributed by atoms with van der Waals surface area (Å²) in [4.78, 5) is 30.1. The first-order chi connectivity index (χ1) is 19.7. The number of carbonyl (C=O) groups excluding carboxylic acids is 2. The zero-order chi connectivity index (χ0) is 30.7. The molecule has 0 saturated heterocycles. The van der Waals surface area contributed by atoms with Gasteiger partial charge in [-0.15, -0.1) is 0 Å². The van der Waals surface area contributed by atoms with Gasteiger partial charge in [0.05, 0.1) is 24.6 Å². The van der Waals surface area contributed by atoms with Gasteiger partial charge in [0.15, 0.2) is 5.75 Å². The summed E-state index contributed by atoms with van der Waals surface area (Å²) in [5.41, 5.74) is 3.94. The number of anilines is 2. The third-order valence-electron chi connectivity index (χ3n) is 6.41. The number of sulfonamides is 1. The van der Waals surface area contributed by atoms with Crippen LogP contribution in [0.15, 0.2) is 65.4 Å². The number of aryl methyl sites for hydroxylation is 1. The average Bonchev–Trinajstić information content (AvgIpc) is 3.42.